The van der Waals surface area contributed by atoms with Crippen LogP contribution in [-0.4, -0.2) is 0 Å². The van der Waals surface area contributed by atoms with Crippen LogP contribution < -0.4 is 4.57 Å². The Morgan fingerprint density at radius 1 is 0.893 bits per heavy atom. The highest BCUT2D eigenvalue weighted by molar-refractivity contribution is 5.97. The van der Waals surface area contributed by atoms with E-state index in [9.17, 15) is 0 Å². The lowest BCUT2D eigenvalue weighted by atomic mass is 9.72. The van der Waals surface area contributed by atoms with E-state index in [1.54, 1.807) is 11.1 Å². The molecule has 2 aromatic carbocycles. The number of rotatable bonds is 0. The first kappa shape index (κ1) is 17.9. The van der Waals surface area contributed by atoms with Gasteiger partial charge in [0.05, 0.1) is 10.9 Å². The first-order valence-corrected chi connectivity index (χ1v) is 11.0. The van der Waals surface area contributed by atoms with Gasteiger partial charge in [0.1, 0.15) is 7.05 Å². The third-order valence-corrected chi connectivity index (χ3v) is 7.49. The van der Waals surface area contributed by atoms with E-state index in [1.807, 2.05) is 0 Å². The third kappa shape index (κ3) is 2.87. The number of aromatic nitrogens is 1. The van der Waals surface area contributed by atoms with Crippen LogP contribution in [0.3, 0.4) is 0 Å². The van der Waals surface area contributed by atoms with Gasteiger partial charge in [-0.15, -0.1) is 0 Å². The molecule has 1 aromatic heterocycles. The Morgan fingerprint density at radius 3 is 2.43 bits per heavy atom. The molecule has 0 radical (unpaired) electrons. The van der Waals surface area contributed by atoms with Crippen LogP contribution >= 0.6 is 0 Å². The molecule has 1 nitrogen and oxygen atoms in total. The second-order valence-electron chi connectivity index (χ2n) is 9.46. The van der Waals surface area contributed by atoms with Gasteiger partial charge in [-0.2, -0.15) is 0 Å². The molecule has 1 heteroatoms. The van der Waals surface area contributed by atoms with Gasteiger partial charge >= 0.3 is 0 Å². The summed E-state index contributed by atoms with van der Waals surface area (Å²) in [6, 6.07) is 12.1. The molecule has 2 unspecified atom stereocenters. The minimum absolute atomic E-state index is 0.820. The molecule has 1 heterocycles. The highest BCUT2D eigenvalue weighted by Crippen LogP contribution is 2.41. The largest absolute Gasteiger partial charge is 0.220 e. The van der Waals surface area contributed by atoms with Gasteiger partial charge in [0, 0.05) is 6.07 Å². The van der Waals surface area contributed by atoms with Crippen molar-refractivity contribution < 1.29 is 4.57 Å². The fraction of sp³-hybridized carbons (Fsp3) is 0.444. The maximum absolute atomic E-state index is 2.51. The first-order valence-electron chi connectivity index (χ1n) is 11.0. The molecular formula is C27H32N+. The molecule has 0 amide bonds. The van der Waals surface area contributed by atoms with Crippen LogP contribution in [0.1, 0.15) is 53.5 Å². The van der Waals surface area contributed by atoms with E-state index in [0.29, 0.717) is 0 Å². The van der Waals surface area contributed by atoms with Gasteiger partial charge in [-0.05, 0) is 92.0 Å². The van der Waals surface area contributed by atoms with Crippen molar-refractivity contribution in [1.29, 1.82) is 0 Å². The fourth-order valence-electron chi connectivity index (χ4n) is 5.95. The average Bonchev–Trinajstić information content (AvgIpc) is 2.66. The van der Waals surface area contributed by atoms with Crippen LogP contribution in [0.15, 0.2) is 36.5 Å². The van der Waals surface area contributed by atoms with Crippen molar-refractivity contribution in [3.63, 3.8) is 0 Å². The minimum atomic E-state index is 0.820. The van der Waals surface area contributed by atoms with Crippen molar-refractivity contribution in [2.75, 3.05) is 0 Å². The molecular weight excluding hydrogens is 338 g/mol. The fourth-order valence-corrected chi connectivity index (χ4v) is 5.95. The number of nitrogens with zero attached hydrogens (tertiary/aromatic N) is 1. The molecule has 1 fully saturated rings. The van der Waals surface area contributed by atoms with E-state index >= 15 is 0 Å². The van der Waals surface area contributed by atoms with Crippen LogP contribution in [0.2, 0.25) is 0 Å². The molecule has 2 bridgehead atoms. The molecule has 2 atom stereocenters. The topological polar surface area (TPSA) is 3.88 Å². The molecule has 28 heavy (non-hydrogen) atoms. The summed E-state index contributed by atoms with van der Waals surface area (Å²) < 4.78 is 2.35. The maximum Gasteiger partial charge on any atom is 0.220 e. The summed E-state index contributed by atoms with van der Waals surface area (Å²) >= 11 is 0. The van der Waals surface area contributed by atoms with Gasteiger partial charge in [0.25, 0.3) is 0 Å². The van der Waals surface area contributed by atoms with E-state index < -0.39 is 0 Å². The van der Waals surface area contributed by atoms with Gasteiger partial charge in [-0.25, -0.2) is 4.57 Å². The second kappa shape index (κ2) is 6.72. The van der Waals surface area contributed by atoms with Crippen molar-refractivity contribution in [3.8, 4) is 11.3 Å². The molecule has 1 saturated carbocycles. The molecule has 2 aliphatic rings. The summed E-state index contributed by atoms with van der Waals surface area (Å²) in [6.45, 7) is 6.86. The van der Waals surface area contributed by atoms with Crippen molar-refractivity contribution in [1.82, 2.24) is 0 Å². The summed E-state index contributed by atoms with van der Waals surface area (Å²) in [4.78, 5) is 0. The maximum atomic E-state index is 2.51. The van der Waals surface area contributed by atoms with Crippen molar-refractivity contribution in [2.45, 2.75) is 59.3 Å². The number of hydrogen-bond donors (Lipinski definition) is 0. The molecule has 0 saturated heterocycles. The molecule has 0 N–H and O–H groups in total. The summed E-state index contributed by atoms with van der Waals surface area (Å²) in [5.74, 6) is 1.65. The van der Waals surface area contributed by atoms with Crippen LogP contribution in [0.25, 0.3) is 22.0 Å². The minimum Gasteiger partial charge on any atom is -0.200 e. The van der Waals surface area contributed by atoms with Crippen LogP contribution in [0, 0.1) is 32.6 Å². The Hall–Kier alpha value is -2.15. The van der Waals surface area contributed by atoms with E-state index in [4.69, 9.17) is 0 Å². The highest BCUT2D eigenvalue weighted by atomic mass is 14.9. The Kier molecular flexibility index (Phi) is 4.30. The summed E-state index contributed by atoms with van der Waals surface area (Å²) in [7, 11) is 2.22. The van der Waals surface area contributed by atoms with Gasteiger partial charge in [-0.3, -0.25) is 0 Å². The zero-order valence-corrected chi connectivity index (χ0v) is 17.8. The number of benzene rings is 2. The predicted molar refractivity (Wildman–Crippen MR) is 118 cm³/mol. The molecule has 3 aromatic rings. The zero-order valence-electron chi connectivity index (χ0n) is 17.8. The van der Waals surface area contributed by atoms with Crippen LogP contribution in [0.4, 0.5) is 0 Å². The third-order valence-electron chi connectivity index (χ3n) is 7.49. The average molecular weight is 371 g/mol. The summed E-state index contributed by atoms with van der Waals surface area (Å²) in [5.41, 5.74) is 10.2. The molecule has 0 spiro atoms. The lowest BCUT2D eigenvalue weighted by Crippen LogP contribution is -2.32. The quantitative estimate of drug-likeness (QED) is 0.417. The van der Waals surface area contributed by atoms with E-state index in [1.165, 1.54) is 77.2 Å². The van der Waals surface area contributed by atoms with E-state index in [-0.39, 0.29) is 0 Å². The van der Waals surface area contributed by atoms with Crippen molar-refractivity contribution in [2.24, 2.45) is 18.9 Å². The Balaban J connectivity index is 1.88. The van der Waals surface area contributed by atoms with Crippen LogP contribution in [-0.2, 0) is 19.9 Å². The highest BCUT2D eigenvalue weighted by Gasteiger charge is 2.30. The van der Waals surface area contributed by atoms with Crippen LogP contribution in [0.5, 0.6) is 0 Å². The van der Waals surface area contributed by atoms with Crippen molar-refractivity contribution in [3.05, 3.63) is 64.3 Å². The smallest absolute Gasteiger partial charge is 0.200 e. The van der Waals surface area contributed by atoms with E-state index in [2.05, 4.69) is 68.9 Å². The Bertz CT molecular complexity index is 1080. The molecule has 0 aliphatic heterocycles. The standard InChI is InChI=1S/C27H32N/c1-17-11-23-9-10-28(4)27-25-15-20(13-18(2)19(25)3)14-21-7-5-6-8-22(21)16-24(12-17)26(23)27/h9-13,15,21-22H,5-8,14,16H2,1-4H3/q+1. The Labute approximate surface area is 169 Å². The molecule has 144 valence electrons. The first-order chi connectivity index (χ1) is 13.5. The number of hydrogen-bond acceptors (Lipinski definition) is 0. The van der Waals surface area contributed by atoms with Gasteiger partial charge < -0.3 is 0 Å². The second-order valence-corrected chi connectivity index (χ2v) is 9.46. The van der Waals surface area contributed by atoms with E-state index in [0.717, 1.165) is 11.8 Å². The monoisotopic (exact) mass is 370 g/mol. The Morgan fingerprint density at radius 2 is 1.64 bits per heavy atom. The normalized spacial score (nSPS) is 21.4. The summed E-state index contributed by atoms with van der Waals surface area (Å²) in [6.07, 6.45) is 10.3. The van der Waals surface area contributed by atoms with Gasteiger partial charge in [-0.1, -0.05) is 36.6 Å². The lowest BCUT2D eigenvalue weighted by Gasteiger charge is -2.33. The SMILES string of the molecule is Cc1cc2c3c([n+](C)ccc3c1)-c1cc(cc(C)c1C)CC1CCCCC1C2. The molecule has 5 rings (SSSR count). The lowest BCUT2D eigenvalue weighted by molar-refractivity contribution is -0.659. The van der Waals surface area contributed by atoms with Crippen molar-refractivity contribution >= 4 is 10.8 Å². The van der Waals surface area contributed by atoms with Gasteiger partial charge in [0.2, 0.25) is 5.69 Å². The van der Waals surface area contributed by atoms with Gasteiger partial charge in [0.15, 0.2) is 6.20 Å². The number of pyridine rings is 1. The zero-order chi connectivity index (χ0) is 19.4. The summed E-state index contributed by atoms with van der Waals surface area (Å²) in [5, 5.41) is 2.89. The predicted octanol–water partition coefficient (Wildman–Crippen LogP) is 6.16. The number of aryl methyl sites for hydroxylation is 3. The number of fused-ring (bicyclic) bond motifs is 4. The molecule has 2 aliphatic carbocycles.